The van der Waals surface area contributed by atoms with Crippen molar-refractivity contribution in [3.63, 3.8) is 0 Å². The van der Waals surface area contributed by atoms with E-state index in [4.69, 9.17) is 4.74 Å². The number of nitrogens with zero attached hydrogens (tertiary/aromatic N) is 1. The summed E-state index contributed by atoms with van der Waals surface area (Å²) in [4.78, 5) is 14.4. The summed E-state index contributed by atoms with van der Waals surface area (Å²) in [5.41, 5.74) is -0.393. The molecule has 3 heteroatoms. The van der Waals surface area contributed by atoms with E-state index in [1.807, 2.05) is 25.7 Å². The summed E-state index contributed by atoms with van der Waals surface area (Å²) in [5, 5.41) is 0. The van der Waals surface area contributed by atoms with Crippen molar-refractivity contribution in [1.29, 1.82) is 0 Å². The predicted molar refractivity (Wildman–Crippen MR) is 112 cm³/mol. The van der Waals surface area contributed by atoms with E-state index in [-0.39, 0.29) is 6.09 Å². The fourth-order valence-electron chi connectivity index (χ4n) is 3.91. The molecule has 0 aromatic heterocycles. The van der Waals surface area contributed by atoms with Crippen molar-refractivity contribution in [1.82, 2.24) is 4.90 Å². The second-order valence-corrected chi connectivity index (χ2v) is 9.15. The topological polar surface area (TPSA) is 29.5 Å². The fourth-order valence-corrected chi connectivity index (χ4v) is 3.91. The summed E-state index contributed by atoms with van der Waals surface area (Å²) in [6.45, 7) is 9.01. The van der Waals surface area contributed by atoms with Crippen LogP contribution in [-0.2, 0) is 4.74 Å². The third-order valence-corrected chi connectivity index (χ3v) is 5.40. The highest BCUT2D eigenvalue weighted by molar-refractivity contribution is 5.68. The summed E-state index contributed by atoms with van der Waals surface area (Å²) in [6, 6.07) is 0.400. The molecule has 0 unspecified atom stereocenters. The smallest absolute Gasteiger partial charge is 0.410 e. The van der Waals surface area contributed by atoms with Crippen molar-refractivity contribution in [2.24, 2.45) is 0 Å². The van der Waals surface area contributed by atoms with Crippen LogP contribution < -0.4 is 0 Å². The van der Waals surface area contributed by atoms with Gasteiger partial charge in [0.2, 0.25) is 0 Å². The van der Waals surface area contributed by atoms with Gasteiger partial charge in [0.15, 0.2) is 0 Å². The molecule has 0 radical (unpaired) electrons. The van der Waals surface area contributed by atoms with Gasteiger partial charge >= 0.3 is 6.09 Å². The van der Waals surface area contributed by atoms with Gasteiger partial charge in [0, 0.05) is 12.6 Å². The average Bonchev–Trinajstić information content (AvgIpc) is 2.58. The first kappa shape index (κ1) is 23.3. The Labute approximate surface area is 163 Å². The van der Waals surface area contributed by atoms with Crippen molar-refractivity contribution >= 4 is 6.09 Å². The quantitative estimate of drug-likeness (QED) is 0.335. The highest BCUT2D eigenvalue weighted by atomic mass is 16.6. The Bertz CT molecular complexity index is 362. The van der Waals surface area contributed by atoms with Crippen LogP contribution in [-0.4, -0.2) is 29.2 Å². The maximum atomic E-state index is 12.4. The Morgan fingerprint density at radius 1 is 0.885 bits per heavy atom. The summed E-state index contributed by atoms with van der Waals surface area (Å²) >= 11 is 0. The van der Waals surface area contributed by atoms with E-state index in [1.165, 1.54) is 77.0 Å². The minimum absolute atomic E-state index is 0.106. The Balaban J connectivity index is 2.10. The number of carbonyl (C=O) groups is 1. The molecule has 0 aromatic carbocycles. The molecule has 0 saturated carbocycles. The van der Waals surface area contributed by atoms with Crippen molar-refractivity contribution in [2.75, 3.05) is 6.54 Å². The zero-order valence-corrected chi connectivity index (χ0v) is 18.2. The molecule has 1 saturated heterocycles. The highest BCUT2D eigenvalue weighted by Crippen LogP contribution is 2.24. The van der Waals surface area contributed by atoms with Crippen molar-refractivity contribution in [3.05, 3.63) is 0 Å². The molecule has 3 nitrogen and oxygen atoms in total. The van der Waals surface area contributed by atoms with Crippen LogP contribution in [0.2, 0.25) is 0 Å². The highest BCUT2D eigenvalue weighted by Gasteiger charge is 2.29. The minimum Gasteiger partial charge on any atom is -0.444 e. The number of rotatable bonds is 12. The van der Waals surface area contributed by atoms with E-state index in [0.717, 1.165) is 25.8 Å². The zero-order chi connectivity index (χ0) is 19.3. The third-order valence-electron chi connectivity index (χ3n) is 5.40. The van der Waals surface area contributed by atoms with Crippen LogP contribution in [0.5, 0.6) is 0 Å². The average molecular weight is 368 g/mol. The molecular weight excluding hydrogens is 322 g/mol. The van der Waals surface area contributed by atoms with E-state index in [9.17, 15) is 4.79 Å². The number of amides is 1. The number of ether oxygens (including phenoxy) is 1. The van der Waals surface area contributed by atoms with Crippen LogP contribution in [0.1, 0.15) is 124 Å². The number of likely N-dealkylation sites (tertiary alicyclic amines) is 1. The molecule has 0 spiro atoms. The molecule has 1 rings (SSSR count). The van der Waals surface area contributed by atoms with Crippen LogP contribution in [0.25, 0.3) is 0 Å². The SMILES string of the molecule is CCCCCCCCCCCCC[C@H]1CCCCN1C(=O)OC(C)(C)C. The second-order valence-electron chi connectivity index (χ2n) is 9.15. The molecule has 1 amide bonds. The van der Waals surface area contributed by atoms with Crippen molar-refractivity contribution < 1.29 is 9.53 Å². The van der Waals surface area contributed by atoms with E-state index in [1.54, 1.807) is 0 Å². The lowest BCUT2D eigenvalue weighted by molar-refractivity contribution is 0.00858. The van der Waals surface area contributed by atoms with E-state index < -0.39 is 5.60 Å². The Hall–Kier alpha value is -0.730. The van der Waals surface area contributed by atoms with Gasteiger partial charge in [-0.25, -0.2) is 4.79 Å². The Morgan fingerprint density at radius 2 is 1.42 bits per heavy atom. The lowest BCUT2D eigenvalue weighted by atomic mass is 9.96. The van der Waals surface area contributed by atoms with Gasteiger partial charge in [0.05, 0.1) is 0 Å². The van der Waals surface area contributed by atoms with Crippen LogP contribution in [0, 0.1) is 0 Å². The molecule has 26 heavy (non-hydrogen) atoms. The van der Waals surface area contributed by atoms with Crippen LogP contribution in [0.4, 0.5) is 4.79 Å². The van der Waals surface area contributed by atoms with Gasteiger partial charge in [-0.2, -0.15) is 0 Å². The zero-order valence-electron chi connectivity index (χ0n) is 18.2. The van der Waals surface area contributed by atoms with E-state index in [0.29, 0.717) is 6.04 Å². The second kappa shape index (κ2) is 13.4. The summed E-state index contributed by atoms with van der Waals surface area (Å²) in [7, 11) is 0. The van der Waals surface area contributed by atoms with Gasteiger partial charge < -0.3 is 9.64 Å². The van der Waals surface area contributed by atoms with Crippen LogP contribution in [0.3, 0.4) is 0 Å². The first-order valence-electron chi connectivity index (χ1n) is 11.4. The summed E-state index contributed by atoms with van der Waals surface area (Å²) in [5.74, 6) is 0. The molecule has 1 atom stereocenters. The first-order valence-corrected chi connectivity index (χ1v) is 11.4. The number of carbonyl (C=O) groups excluding carboxylic acids is 1. The van der Waals surface area contributed by atoms with E-state index in [2.05, 4.69) is 6.92 Å². The molecule has 1 fully saturated rings. The Kier molecular flexibility index (Phi) is 12.0. The predicted octanol–water partition coefficient (Wildman–Crippen LogP) is 7.48. The number of hydrogen-bond donors (Lipinski definition) is 0. The standard InChI is InChI=1S/C23H45NO2/c1-5-6-7-8-9-10-11-12-13-14-15-18-21-19-16-17-20-24(21)22(25)26-23(2,3)4/h21H,5-20H2,1-4H3/t21-/m0/s1. The molecule has 0 N–H and O–H groups in total. The fraction of sp³-hybridized carbons (Fsp3) is 0.957. The number of hydrogen-bond acceptors (Lipinski definition) is 2. The molecular formula is C23H45NO2. The van der Waals surface area contributed by atoms with Gasteiger partial charge in [-0.1, -0.05) is 77.6 Å². The van der Waals surface area contributed by atoms with E-state index >= 15 is 0 Å². The monoisotopic (exact) mass is 367 g/mol. The summed E-state index contributed by atoms with van der Waals surface area (Å²) < 4.78 is 5.60. The van der Waals surface area contributed by atoms with Crippen molar-refractivity contribution in [2.45, 2.75) is 136 Å². The van der Waals surface area contributed by atoms with Gasteiger partial charge in [0.1, 0.15) is 5.60 Å². The summed E-state index contributed by atoms with van der Waals surface area (Å²) in [6.07, 6.45) is 19.7. The van der Waals surface area contributed by atoms with Gasteiger partial charge in [-0.15, -0.1) is 0 Å². The van der Waals surface area contributed by atoms with Crippen molar-refractivity contribution in [3.8, 4) is 0 Å². The lowest BCUT2D eigenvalue weighted by Crippen LogP contribution is -2.46. The molecule has 1 aliphatic heterocycles. The van der Waals surface area contributed by atoms with Crippen LogP contribution in [0.15, 0.2) is 0 Å². The molecule has 0 aliphatic carbocycles. The molecule has 0 aromatic rings. The molecule has 0 bridgehead atoms. The van der Waals surface area contributed by atoms with Crippen LogP contribution >= 0.6 is 0 Å². The lowest BCUT2D eigenvalue weighted by Gasteiger charge is -2.37. The molecule has 1 aliphatic rings. The maximum absolute atomic E-state index is 12.4. The van der Waals surface area contributed by atoms with Gasteiger partial charge in [-0.3, -0.25) is 0 Å². The van der Waals surface area contributed by atoms with Gasteiger partial charge in [-0.05, 0) is 46.5 Å². The first-order chi connectivity index (χ1) is 12.4. The minimum atomic E-state index is -0.393. The molecule has 1 heterocycles. The third kappa shape index (κ3) is 11.1. The largest absolute Gasteiger partial charge is 0.444 e. The Morgan fingerprint density at radius 3 is 1.96 bits per heavy atom. The number of unbranched alkanes of at least 4 members (excludes halogenated alkanes) is 10. The molecule has 154 valence electrons. The maximum Gasteiger partial charge on any atom is 0.410 e. The number of piperidine rings is 1. The normalized spacial score (nSPS) is 18.2. The van der Waals surface area contributed by atoms with Gasteiger partial charge in [0.25, 0.3) is 0 Å².